The van der Waals surface area contributed by atoms with Gasteiger partial charge in [-0.25, -0.2) is 0 Å². The third-order valence-electron chi connectivity index (χ3n) is 2.33. The summed E-state index contributed by atoms with van der Waals surface area (Å²) in [4.78, 5) is 25.9. The first kappa shape index (κ1) is 14.3. The number of nitrogens with zero attached hydrogens (tertiary/aromatic N) is 3. The summed E-state index contributed by atoms with van der Waals surface area (Å²) in [6, 6.07) is 3.11. The molecule has 2 aromatic rings. The molecule has 108 valence electrons. The van der Waals surface area contributed by atoms with Gasteiger partial charge >= 0.3 is 0 Å². The number of H-pyrrole nitrogens is 2. The molecule has 0 atom stereocenters. The first-order chi connectivity index (χ1) is 9.88. The van der Waals surface area contributed by atoms with Crippen molar-refractivity contribution in [2.45, 2.75) is 0 Å². The van der Waals surface area contributed by atoms with Gasteiger partial charge in [0.15, 0.2) is 4.77 Å². The number of hydrogen-bond donors (Lipinski definition) is 4. The number of azo groups is 1. The number of nitro groups is 1. The monoisotopic (exact) mass is 309 g/mol. The summed E-state index contributed by atoms with van der Waals surface area (Å²) < 4.78 is -0.102. The van der Waals surface area contributed by atoms with E-state index in [1.165, 1.54) is 0 Å². The van der Waals surface area contributed by atoms with Crippen LogP contribution in [0.5, 0.6) is 11.6 Å². The highest BCUT2D eigenvalue weighted by Gasteiger charge is 2.11. The van der Waals surface area contributed by atoms with Gasteiger partial charge < -0.3 is 15.2 Å². The zero-order valence-electron chi connectivity index (χ0n) is 10.1. The van der Waals surface area contributed by atoms with Gasteiger partial charge in [0.1, 0.15) is 11.4 Å². The maximum absolute atomic E-state index is 11.5. The Labute approximate surface area is 120 Å². The van der Waals surface area contributed by atoms with E-state index in [0.717, 1.165) is 18.2 Å². The van der Waals surface area contributed by atoms with Crippen LogP contribution in [0.3, 0.4) is 0 Å². The zero-order valence-corrected chi connectivity index (χ0v) is 10.9. The van der Waals surface area contributed by atoms with E-state index in [4.69, 9.17) is 0 Å². The van der Waals surface area contributed by atoms with Crippen LogP contribution >= 0.6 is 12.2 Å². The Bertz CT molecular complexity index is 856. The van der Waals surface area contributed by atoms with E-state index in [1.54, 1.807) is 0 Å². The van der Waals surface area contributed by atoms with Crippen LogP contribution < -0.4 is 5.56 Å². The number of nitro benzene ring substituents is 1. The van der Waals surface area contributed by atoms with Gasteiger partial charge in [-0.15, -0.1) is 10.2 Å². The number of phenols is 1. The summed E-state index contributed by atoms with van der Waals surface area (Å²) >= 11 is 4.63. The van der Waals surface area contributed by atoms with Gasteiger partial charge in [0.2, 0.25) is 11.6 Å². The minimum atomic E-state index is -0.801. The summed E-state index contributed by atoms with van der Waals surface area (Å²) in [5.74, 6) is -0.985. The number of aromatic nitrogens is 2. The van der Waals surface area contributed by atoms with E-state index in [2.05, 4.69) is 32.4 Å². The van der Waals surface area contributed by atoms with E-state index in [1.807, 2.05) is 0 Å². The van der Waals surface area contributed by atoms with Gasteiger partial charge in [0, 0.05) is 12.1 Å². The summed E-state index contributed by atoms with van der Waals surface area (Å²) in [6.07, 6.45) is 0. The van der Waals surface area contributed by atoms with Gasteiger partial charge in [0.25, 0.3) is 11.2 Å². The van der Waals surface area contributed by atoms with E-state index in [-0.39, 0.29) is 21.9 Å². The maximum atomic E-state index is 11.5. The number of non-ortho nitro benzene ring substituents is 1. The van der Waals surface area contributed by atoms with Crippen molar-refractivity contribution in [3.8, 4) is 11.6 Å². The molecule has 21 heavy (non-hydrogen) atoms. The van der Waals surface area contributed by atoms with Gasteiger partial charge in [-0.1, -0.05) is 0 Å². The standard InChI is InChI=1S/C10H7N5O5S/c16-6-2-1-4(15(19)20)3-5(6)13-14-7-8(17)11-10(21)12-9(7)18/h1-3,16H,(H3,11,12,17,18,21). The Balaban J connectivity index is 2.47. The molecule has 0 saturated carbocycles. The molecule has 1 aromatic carbocycles. The molecule has 11 heteroatoms. The average molecular weight is 309 g/mol. The number of aromatic hydroxyl groups is 2. The summed E-state index contributed by atoms with van der Waals surface area (Å²) in [7, 11) is 0. The van der Waals surface area contributed by atoms with Crippen LogP contribution in [0.2, 0.25) is 0 Å². The lowest BCUT2D eigenvalue weighted by Crippen LogP contribution is -2.06. The molecule has 1 heterocycles. The number of nitrogens with one attached hydrogen (secondary N) is 2. The zero-order chi connectivity index (χ0) is 15.6. The molecule has 0 aliphatic heterocycles. The van der Waals surface area contributed by atoms with Crippen molar-refractivity contribution >= 4 is 29.3 Å². The first-order valence-electron chi connectivity index (χ1n) is 5.33. The highest BCUT2D eigenvalue weighted by atomic mass is 32.1. The Morgan fingerprint density at radius 1 is 1.24 bits per heavy atom. The van der Waals surface area contributed by atoms with E-state index < -0.39 is 22.0 Å². The third-order valence-corrected chi connectivity index (χ3v) is 2.53. The largest absolute Gasteiger partial charge is 0.506 e. The second-order valence-electron chi connectivity index (χ2n) is 3.74. The Hall–Kier alpha value is -3.08. The number of hydrogen-bond acceptors (Lipinski definition) is 8. The normalized spacial score (nSPS) is 10.9. The highest BCUT2D eigenvalue weighted by molar-refractivity contribution is 7.71. The second kappa shape index (κ2) is 5.50. The van der Waals surface area contributed by atoms with Gasteiger partial charge in [-0.05, 0) is 18.3 Å². The Kier molecular flexibility index (Phi) is 3.75. The Morgan fingerprint density at radius 3 is 2.57 bits per heavy atom. The predicted octanol–water partition coefficient (Wildman–Crippen LogP) is 2.17. The average Bonchev–Trinajstić information content (AvgIpc) is 2.39. The first-order valence-corrected chi connectivity index (χ1v) is 5.74. The fraction of sp³-hybridized carbons (Fsp3) is 0. The van der Waals surface area contributed by atoms with Crippen LogP contribution in [0.1, 0.15) is 0 Å². The number of rotatable bonds is 3. The van der Waals surface area contributed by atoms with Crippen LogP contribution in [0.25, 0.3) is 0 Å². The topological polar surface area (TPSA) is 157 Å². The van der Waals surface area contributed by atoms with Crippen LogP contribution in [-0.2, 0) is 0 Å². The number of phenolic OH excluding ortho intramolecular Hbond substituents is 1. The molecule has 0 amide bonds. The van der Waals surface area contributed by atoms with Crippen LogP contribution in [0, 0.1) is 14.9 Å². The molecule has 0 unspecified atom stereocenters. The van der Waals surface area contributed by atoms with Crippen molar-refractivity contribution in [2.24, 2.45) is 10.2 Å². The minimum Gasteiger partial charge on any atom is -0.506 e. The van der Waals surface area contributed by atoms with E-state index in [0.29, 0.717) is 0 Å². The van der Waals surface area contributed by atoms with Crippen LogP contribution in [-0.4, -0.2) is 25.1 Å². The molecule has 0 saturated heterocycles. The van der Waals surface area contributed by atoms with Crippen molar-refractivity contribution in [2.75, 3.05) is 0 Å². The van der Waals surface area contributed by atoms with Gasteiger partial charge in [0.05, 0.1) is 4.92 Å². The summed E-state index contributed by atoms with van der Waals surface area (Å²) in [5, 5.41) is 36.6. The molecule has 2 rings (SSSR count). The molecule has 0 bridgehead atoms. The molecule has 10 nitrogen and oxygen atoms in total. The highest BCUT2D eigenvalue weighted by Crippen LogP contribution is 2.32. The molecule has 0 spiro atoms. The van der Waals surface area contributed by atoms with Crippen LogP contribution in [0.15, 0.2) is 33.2 Å². The van der Waals surface area contributed by atoms with Crippen molar-refractivity contribution in [1.82, 2.24) is 9.97 Å². The van der Waals surface area contributed by atoms with Crippen LogP contribution in [0.4, 0.5) is 17.1 Å². The van der Waals surface area contributed by atoms with Crippen molar-refractivity contribution < 1.29 is 15.1 Å². The molecule has 0 radical (unpaired) electrons. The van der Waals surface area contributed by atoms with E-state index >= 15 is 0 Å². The number of benzene rings is 1. The van der Waals surface area contributed by atoms with E-state index in [9.17, 15) is 25.1 Å². The molecule has 0 aliphatic rings. The summed E-state index contributed by atoms with van der Waals surface area (Å²) in [5.41, 5.74) is -1.82. The molecule has 0 fully saturated rings. The SMILES string of the molecule is O=c1[nH]c(=S)[nH]c(O)c1N=Nc1cc([N+](=O)[O-])ccc1O. The van der Waals surface area contributed by atoms with Gasteiger partial charge in [-0.3, -0.25) is 19.9 Å². The maximum Gasteiger partial charge on any atom is 0.283 e. The van der Waals surface area contributed by atoms with Gasteiger partial charge in [-0.2, -0.15) is 0 Å². The molecule has 4 N–H and O–H groups in total. The summed E-state index contributed by atoms with van der Waals surface area (Å²) in [6.45, 7) is 0. The number of aromatic amines is 2. The van der Waals surface area contributed by atoms with Crippen molar-refractivity contribution in [1.29, 1.82) is 0 Å². The fourth-order valence-corrected chi connectivity index (χ4v) is 1.56. The third kappa shape index (κ3) is 3.09. The molecule has 1 aromatic heterocycles. The Morgan fingerprint density at radius 2 is 1.95 bits per heavy atom. The minimum absolute atomic E-state index is 0.102. The lowest BCUT2D eigenvalue weighted by Gasteiger charge is -1.99. The van der Waals surface area contributed by atoms with Crippen molar-refractivity contribution in [3.05, 3.63) is 43.4 Å². The quantitative estimate of drug-likeness (QED) is 0.294. The lowest BCUT2D eigenvalue weighted by molar-refractivity contribution is -0.384. The molecule has 0 aliphatic carbocycles. The molecular formula is C10H7N5O5S. The van der Waals surface area contributed by atoms with Crippen molar-refractivity contribution in [3.63, 3.8) is 0 Å². The fourth-order valence-electron chi connectivity index (χ4n) is 1.37. The lowest BCUT2D eigenvalue weighted by atomic mass is 10.2. The smallest absolute Gasteiger partial charge is 0.283 e. The second-order valence-corrected chi connectivity index (χ2v) is 4.14. The predicted molar refractivity (Wildman–Crippen MR) is 72.8 cm³/mol. The molecular weight excluding hydrogens is 302 g/mol.